The Hall–Kier alpha value is -0.330. The molecule has 0 aromatic carbocycles. The summed E-state index contributed by atoms with van der Waals surface area (Å²) in [5.41, 5.74) is 1.06. The third-order valence-electron chi connectivity index (χ3n) is 11.5. The van der Waals surface area contributed by atoms with E-state index < -0.39 is 0 Å². The summed E-state index contributed by atoms with van der Waals surface area (Å²) in [6.45, 7) is 15.1. The predicted octanol–water partition coefficient (Wildman–Crippen LogP) is 7.92. The van der Waals surface area contributed by atoms with Gasteiger partial charge in [-0.3, -0.25) is 4.79 Å². The topological polar surface area (TPSA) is 17.1 Å². The van der Waals surface area contributed by atoms with Crippen LogP contribution in [-0.2, 0) is 4.79 Å². The molecule has 4 aliphatic carbocycles. The summed E-state index contributed by atoms with van der Waals surface area (Å²) in [4.78, 5) is 12.1. The minimum Gasteiger partial charge on any atom is -0.300 e. The number of Topliss-reactive ketones (excluding diaryl/α,β-unsaturated/α-hetero) is 1. The van der Waals surface area contributed by atoms with Crippen molar-refractivity contribution in [3.63, 3.8) is 0 Å². The van der Waals surface area contributed by atoms with Crippen LogP contribution < -0.4 is 0 Å². The fraction of sp³-hybridized carbons (Fsp3) is 0.964. The predicted molar refractivity (Wildman–Crippen MR) is 123 cm³/mol. The Bertz CT molecular complexity index is 607. The first-order valence-corrected chi connectivity index (χ1v) is 13.2. The van der Waals surface area contributed by atoms with Gasteiger partial charge in [-0.05, 0) is 103 Å². The van der Waals surface area contributed by atoms with Crippen LogP contribution in [0.3, 0.4) is 0 Å². The van der Waals surface area contributed by atoms with Gasteiger partial charge < -0.3 is 0 Å². The van der Waals surface area contributed by atoms with Gasteiger partial charge in [-0.1, -0.05) is 54.4 Å². The first-order valence-electron chi connectivity index (χ1n) is 13.2. The van der Waals surface area contributed by atoms with Crippen molar-refractivity contribution in [3.8, 4) is 0 Å². The van der Waals surface area contributed by atoms with Gasteiger partial charge in [0, 0.05) is 12.8 Å². The quantitative estimate of drug-likeness (QED) is 0.458. The van der Waals surface area contributed by atoms with Crippen LogP contribution in [0.25, 0.3) is 0 Å². The Balaban J connectivity index is 1.46. The smallest absolute Gasteiger partial charge is 0.133 e. The van der Waals surface area contributed by atoms with Crippen molar-refractivity contribution in [2.45, 2.75) is 112 Å². The van der Waals surface area contributed by atoms with E-state index in [-0.39, 0.29) is 0 Å². The number of carbonyl (C=O) groups excluding carboxylic acids is 1. The molecule has 0 amide bonds. The zero-order valence-corrected chi connectivity index (χ0v) is 20.3. The molecule has 0 radical (unpaired) electrons. The number of hydrogen-bond donors (Lipinski definition) is 0. The molecule has 1 nitrogen and oxygen atoms in total. The van der Waals surface area contributed by atoms with E-state index in [1.165, 1.54) is 57.8 Å². The molecule has 9 atom stereocenters. The van der Waals surface area contributed by atoms with Crippen LogP contribution in [0.1, 0.15) is 112 Å². The van der Waals surface area contributed by atoms with Crippen LogP contribution in [0, 0.1) is 58.2 Å². The maximum absolute atomic E-state index is 12.1. The summed E-state index contributed by atoms with van der Waals surface area (Å²) in [5, 5.41) is 0. The molecule has 0 N–H and O–H groups in total. The molecule has 0 bridgehead atoms. The Morgan fingerprint density at radius 3 is 2.31 bits per heavy atom. The van der Waals surface area contributed by atoms with Gasteiger partial charge in [-0.15, -0.1) is 0 Å². The number of fused-ring (bicyclic) bond motifs is 5. The zero-order valence-electron chi connectivity index (χ0n) is 20.3. The van der Waals surface area contributed by atoms with E-state index in [4.69, 9.17) is 0 Å². The van der Waals surface area contributed by atoms with E-state index in [1.807, 2.05) is 0 Å². The molecule has 0 aromatic rings. The van der Waals surface area contributed by atoms with Gasteiger partial charge in [0.25, 0.3) is 0 Å². The summed E-state index contributed by atoms with van der Waals surface area (Å²) < 4.78 is 0. The third kappa shape index (κ3) is 3.65. The second-order valence-corrected chi connectivity index (χ2v) is 12.9. The Kier molecular flexibility index (Phi) is 6.02. The Labute approximate surface area is 181 Å². The SMILES string of the molecule is CC(C)[C@H](C)CC[C@@H](C)[C@H]1CC[C@H]2[C@@H]3CCC4CC(=O)CC[C@]4(C)[C@H]3CC[C@]12C. The number of ketones is 1. The van der Waals surface area contributed by atoms with Crippen molar-refractivity contribution in [2.75, 3.05) is 0 Å². The average Bonchev–Trinajstić information content (AvgIpc) is 3.03. The van der Waals surface area contributed by atoms with Crippen LogP contribution in [0.2, 0.25) is 0 Å². The van der Waals surface area contributed by atoms with Crippen molar-refractivity contribution < 1.29 is 4.79 Å². The molecular formula is C28H48O. The van der Waals surface area contributed by atoms with Crippen LogP contribution in [-0.4, -0.2) is 5.78 Å². The first-order chi connectivity index (χ1) is 13.7. The molecule has 166 valence electrons. The summed E-state index contributed by atoms with van der Waals surface area (Å²) >= 11 is 0. The van der Waals surface area contributed by atoms with Crippen molar-refractivity contribution in [3.05, 3.63) is 0 Å². The van der Waals surface area contributed by atoms with Crippen LogP contribution in [0.5, 0.6) is 0 Å². The van der Waals surface area contributed by atoms with E-state index in [1.54, 1.807) is 0 Å². The number of hydrogen-bond acceptors (Lipinski definition) is 1. The van der Waals surface area contributed by atoms with Gasteiger partial charge in [0.2, 0.25) is 0 Å². The maximum atomic E-state index is 12.1. The lowest BCUT2D eigenvalue weighted by molar-refractivity contribution is -0.140. The van der Waals surface area contributed by atoms with Crippen LogP contribution in [0.4, 0.5) is 0 Å². The fourth-order valence-corrected chi connectivity index (χ4v) is 9.08. The summed E-state index contributed by atoms with van der Waals surface area (Å²) in [5.74, 6) is 7.60. The zero-order chi connectivity index (χ0) is 21.0. The minimum atomic E-state index is 0.467. The van der Waals surface area contributed by atoms with Gasteiger partial charge in [0.15, 0.2) is 0 Å². The summed E-state index contributed by atoms with van der Waals surface area (Å²) in [7, 11) is 0. The molecule has 4 fully saturated rings. The van der Waals surface area contributed by atoms with E-state index >= 15 is 0 Å². The Morgan fingerprint density at radius 2 is 1.59 bits per heavy atom. The standard InChI is InChI=1S/C28H48O/c1-18(2)19(3)7-8-20(4)24-11-12-25-23-10-9-21-17-22(29)13-15-27(21,5)26(23)14-16-28(24,25)6/h18-21,23-26H,7-17H2,1-6H3/t19-,20-,21?,23+,24-,25+,26+,27+,28-/m1/s1. The maximum Gasteiger partial charge on any atom is 0.133 e. The lowest BCUT2D eigenvalue weighted by atomic mass is 9.44. The highest BCUT2D eigenvalue weighted by Gasteiger charge is 2.60. The molecule has 4 aliphatic rings. The van der Waals surface area contributed by atoms with Crippen molar-refractivity contribution >= 4 is 5.78 Å². The lowest BCUT2D eigenvalue weighted by Crippen LogP contribution is -2.53. The van der Waals surface area contributed by atoms with Gasteiger partial charge in [-0.2, -0.15) is 0 Å². The largest absolute Gasteiger partial charge is 0.300 e. The molecule has 0 aromatic heterocycles. The third-order valence-corrected chi connectivity index (χ3v) is 11.5. The molecule has 0 spiro atoms. The van der Waals surface area contributed by atoms with Crippen LogP contribution in [0.15, 0.2) is 0 Å². The van der Waals surface area contributed by atoms with E-state index in [0.717, 1.165) is 54.3 Å². The highest BCUT2D eigenvalue weighted by Crippen LogP contribution is 2.68. The first kappa shape index (κ1) is 21.9. The monoisotopic (exact) mass is 400 g/mol. The van der Waals surface area contributed by atoms with Gasteiger partial charge in [-0.25, -0.2) is 0 Å². The van der Waals surface area contributed by atoms with Gasteiger partial charge >= 0.3 is 0 Å². The average molecular weight is 401 g/mol. The number of carbonyl (C=O) groups is 1. The van der Waals surface area contributed by atoms with E-state index in [9.17, 15) is 4.79 Å². The highest BCUT2D eigenvalue weighted by molar-refractivity contribution is 5.79. The minimum absolute atomic E-state index is 0.467. The summed E-state index contributed by atoms with van der Waals surface area (Å²) in [6.07, 6.45) is 14.4. The molecule has 29 heavy (non-hydrogen) atoms. The fourth-order valence-electron chi connectivity index (χ4n) is 9.08. The van der Waals surface area contributed by atoms with E-state index in [2.05, 4.69) is 41.5 Å². The van der Waals surface area contributed by atoms with Crippen LogP contribution >= 0.6 is 0 Å². The molecule has 0 aliphatic heterocycles. The summed E-state index contributed by atoms with van der Waals surface area (Å²) in [6, 6.07) is 0. The van der Waals surface area contributed by atoms with Crippen molar-refractivity contribution in [2.24, 2.45) is 58.2 Å². The molecule has 0 heterocycles. The van der Waals surface area contributed by atoms with Gasteiger partial charge in [0.1, 0.15) is 5.78 Å². The second kappa shape index (κ2) is 7.98. The normalized spacial score (nSPS) is 46.7. The van der Waals surface area contributed by atoms with Crippen molar-refractivity contribution in [1.82, 2.24) is 0 Å². The molecular weight excluding hydrogens is 352 g/mol. The van der Waals surface area contributed by atoms with Gasteiger partial charge in [0.05, 0.1) is 0 Å². The molecule has 0 saturated heterocycles. The number of rotatable bonds is 5. The Morgan fingerprint density at radius 1 is 0.862 bits per heavy atom. The molecule has 1 heteroatoms. The second-order valence-electron chi connectivity index (χ2n) is 12.9. The lowest BCUT2D eigenvalue weighted by Gasteiger charge is -2.60. The molecule has 4 rings (SSSR count). The highest BCUT2D eigenvalue weighted by atomic mass is 16.1. The van der Waals surface area contributed by atoms with Crippen molar-refractivity contribution in [1.29, 1.82) is 0 Å². The van der Waals surface area contributed by atoms with E-state index in [0.29, 0.717) is 22.5 Å². The molecule has 4 saturated carbocycles. The molecule has 1 unspecified atom stereocenters.